The Hall–Kier alpha value is -4.13. The van der Waals surface area contributed by atoms with E-state index in [9.17, 15) is 4.79 Å². The molecule has 0 spiro atoms. The molecule has 1 heterocycles. The molecule has 1 amide bonds. The molecule has 32 heavy (non-hydrogen) atoms. The van der Waals surface area contributed by atoms with Crippen molar-refractivity contribution in [1.29, 1.82) is 0 Å². The van der Waals surface area contributed by atoms with Crippen LogP contribution < -0.4 is 14.8 Å². The van der Waals surface area contributed by atoms with Gasteiger partial charge in [0.2, 0.25) is 5.82 Å². The third-order valence-electron chi connectivity index (χ3n) is 5.11. The fraction of sp³-hybridized carbons (Fsp3) is 0.160. The number of benzene rings is 3. The highest BCUT2D eigenvalue weighted by Crippen LogP contribution is 2.32. The second-order valence-corrected chi connectivity index (χ2v) is 7.31. The van der Waals surface area contributed by atoms with Crippen molar-refractivity contribution < 1.29 is 18.8 Å². The lowest BCUT2D eigenvalue weighted by Crippen LogP contribution is -2.14. The number of methoxy groups -OCH3 is 2. The minimum Gasteiger partial charge on any atom is -0.493 e. The minimum absolute atomic E-state index is 0.250. The summed E-state index contributed by atoms with van der Waals surface area (Å²) >= 11 is 0. The van der Waals surface area contributed by atoms with Crippen molar-refractivity contribution in [2.75, 3.05) is 19.5 Å². The van der Waals surface area contributed by atoms with Crippen LogP contribution in [0.3, 0.4) is 0 Å². The smallest absolute Gasteiger partial charge is 0.259 e. The van der Waals surface area contributed by atoms with Crippen LogP contribution in [0.15, 0.2) is 65.2 Å². The SMILES string of the molecule is COc1ccc(-c2noc(-c3ccccc3C(=O)Nc3cc(C)ccc3C)n2)cc1OC. The van der Waals surface area contributed by atoms with E-state index in [4.69, 9.17) is 14.0 Å². The monoisotopic (exact) mass is 429 g/mol. The fourth-order valence-electron chi connectivity index (χ4n) is 3.35. The number of ether oxygens (including phenoxy) is 2. The lowest BCUT2D eigenvalue weighted by atomic mass is 10.1. The Bertz CT molecular complexity index is 1280. The number of nitrogens with one attached hydrogen (secondary N) is 1. The fourth-order valence-corrected chi connectivity index (χ4v) is 3.35. The summed E-state index contributed by atoms with van der Waals surface area (Å²) in [5, 5.41) is 7.07. The predicted octanol–water partition coefficient (Wildman–Crippen LogP) is 5.29. The second-order valence-electron chi connectivity index (χ2n) is 7.31. The molecule has 1 aromatic heterocycles. The number of hydrogen-bond acceptors (Lipinski definition) is 6. The summed E-state index contributed by atoms with van der Waals surface area (Å²) in [6.45, 7) is 3.94. The molecule has 4 rings (SSSR count). The number of carbonyl (C=O) groups is 1. The average molecular weight is 429 g/mol. The lowest BCUT2D eigenvalue weighted by Gasteiger charge is -2.11. The number of rotatable bonds is 6. The predicted molar refractivity (Wildman–Crippen MR) is 122 cm³/mol. The van der Waals surface area contributed by atoms with Gasteiger partial charge in [0.25, 0.3) is 11.8 Å². The number of anilines is 1. The molecule has 7 heteroatoms. The third-order valence-corrected chi connectivity index (χ3v) is 5.11. The van der Waals surface area contributed by atoms with E-state index < -0.39 is 0 Å². The van der Waals surface area contributed by atoms with Crippen molar-refractivity contribution in [1.82, 2.24) is 10.1 Å². The number of carbonyl (C=O) groups excluding carboxylic acids is 1. The highest BCUT2D eigenvalue weighted by molar-refractivity contribution is 6.08. The molecule has 0 bridgehead atoms. The van der Waals surface area contributed by atoms with Gasteiger partial charge in [-0.3, -0.25) is 4.79 Å². The van der Waals surface area contributed by atoms with Gasteiger partial charge in [0, 0.05) is 11.3 Å². The number of amides is 1. The van der Waals surface area contributed by atoms with Gasteiger partial charge in [-0.1, -0.05) is 29.4 Å². The van der Waals surface area contributed by atoms with E-state index >= 15 is 0 Å². The van der Waals surface area contributed by atoms with E-state index in [1.165, 1.54) is 0 Å². The summed E-state index contributed by atoms with van der Waals surface area (Å²) in [5.41, 5.74) is 4.51. The van der Waals surface area contributed by atoms with E-state index in [2.05, 4.69) is 15.5 Å². The van der Waals surface area contributed by atoms with Gasteiger partial charge in [0.1, 0.15) is 0 Å². The molecule has 0 unspecified atom stereocenters. The average Bonchev–Trinajstić information content (AvgIpc) is 3.31. The zero-order valence-electron chi connectivity index (χ0n) is 18.3. The van der Waals surface area contributed by atoms with Crippen LogP contribution in [0, 0.1) is 13.8 Å². The molecule has 0 atom stereocenters. The van der Waals surface area contributed by atoms with Gasteiger partial charge >= 0.3 is 0 Å². The van der Waals surface area contributed by atoms with Crippen LogP contribution in [0.5, 0.6) is 11.5 Å². The van der Waals surface area contributed by atoms with Crippen LogP contribution >= 0.6 is 0 Å². The topological polar surface area (TPSA) is 86.5 Å². The van der Waals surface area contributed by atoms with Crippen LogP contribution in [0.4, 0.5) is 5.69 Å². The van der Waals surface area contributed by atoms with Gasteiger partial charge < -0.3 is 19.3 Å². The largest absolute Gasteiger partial charge is 0.493 e. The van der Waals surface area contributed by atoms with Crippen molar-refractivity contribution >= 4 is 11.6 Å². The molecule has 4 aromatic rings. The molecule has 162 valence electrons. The van der Waals surface area contributed by atoms with Gasteiger partial charge in [0.05, 0.1) is 25.3 Å². The number of aryl methyl sites for hydroxylation is 2. The quantitative estimate of drug-likeness (QED) is 0.448. The Labute approximate surface area is 186 Å². The normalized spacial score (nSPS) is 10.6. The molecule has 0 radical (unpaired) electrons. The number of aromatic nitrogens is 2. The Morgan fingerprint density at radius 2 is 1.72 bits per heavy atom. The first kappa shape index (κ1) is 21.1. The Morgan fingerprint density at radius 3 is 2.50 bits per heavy atom. The standard InChI is InChI=1S/C25H23N3O4/c1-15-9-10-16(2)20(13-15)26-24(29)18-7-5-6-8-19(18)25-27-23(28-32-25)17-11-12-21(30-3)22(14-17)31-4/h5-14H,1-4H3,(H,26,29). The number of nitrogens with zero attached hydrogens (tertiary/aromatic N) is 2. The molecule has 0 aliphatic rings. The van der Waals surface area contributed by atoms with E-state index in [-0.39, 0.29) is 11.8 Å². The van der Waals surface area contributed by atoms with Gasteiger partial charge in [-0.15, -0.1) is 0 Å². The molecule has 0 saturated heterocycles. The van der Waals surface area contributed by atoms with Crippen molar-refractivity contribution in [3.63, 3.8) is 0 Å². The van der Waals surface area contributed by atoms with Crippen LogP contribution in [-0.2, 0) is 0 Å². The molecule has 0 aliphatic carbocycles. The molecule has 0 aliphatic heterocycles. The minimum atomic E-state index is -0.250. The summed E-state index contributed by atoms with van der Waals surface area (Å²) in [6, 6.07) is 18.4. The maximum Gasteiger partial charge on any atom is 0.259 e. The first-order chi connectivity index (χ1) is 15.5. The van der Waals surface area contributed by atoms with Crippen molar-refractivity contribution in [2.45, 2.75) is 13.8 Å². The zero-order valence-corrected chi connectivity index (χ0v) is 18.3. The Kier molecular flexibility index (Phi) is 5.89. The first-order valence-electron chi connectivity index (χ1n) is 10.0. The third kappa shape index (κ3) is 4.18. The summed E-state index contributed by atoms with van der Waals surface area (Å²) in [5.74, 6) is 1.55. The molecule has 0 saturated carbocycles. The first-order valence-corrected chi connectivity index (χ1v) is 10.0. The van der Waals surface area contributed by atoms with Gasteiger partial charge in [0.15, 0.2) is 11.5 Å². The molecule has 7 nitrogen and oxygen atoms in total. The highest BCUT2D eigenvalue weighted by atomic mass is 16.5. The maximum absolute atomic E-state index is 13.1. The van der Waals surface area contributed by atoms with E-state index in [1.54, 1.807) is 44.6 Å². The van der Waals surface area contributed by atoms with Crippen LogP contribution in [0.2, 0.25) is 0 Å². The molecule has 3 aromatic carbocycles. The molecular formula is C25H23N3O4. The Balaban J connectivity index is 1.66. The maximum atomic E-state index is 13.1. The summed E-state index contributed by atoms with van der Waals surface area (Å²) < 4.78 is 16.1. The highest BCUT2D eigenvalue weighted by Gasteiger charge is 2.19. The number of hydrogen-bond donors (Lipinski definition) is 1. The van der Waals surface area contributed by atoms with Crippen LogP contribution in [0.25, 0.3) is 22.8 Å². The van der Waals surface area contributed by atoms with Crippen molar-refractivity contribution in [3.05, 3.63) is 77.4 Å². The molecule has 1 N–H and O–H groups in total. The van der Waals surface area contributed by atoms with E-state index in [0.717, 1.165) is 16.8 Å². The van der Waals surface area contributed by atoms with E-state index in [0.29, 0.717) is 34.0 Å². The van der Waals surface area contributed by atoms with Crippen molar-refractivity contribution in [3.8, 4) is 34.3 Å². The lowest BCUT2D eigenvalue weighted by molar-refractivity contribution is 0.102. The van der Waals surface area contributed by atoms with E-state index in [1.807, 2.05) is 44.2 Å². The molecular weight excluding hydrogens is 406 g/mol. The van der Waals surface area contributed by atoms with Gasteiger partial charge in [-0.25, -0.2) is 0 Å². The Morgan fingerprint density at radius 1 is 0.938 bits per heavy atom. The second kappa shape index (κ2) is 8.93. The summed E-state index contributed by atoms with van der Waals surface area (Å²) in [4.78, 5) is 17.6. The summed E-state index contributed by atoms with van der Waals surface area (Å²) in [7, 11) is 3.14. The van der Waals surface area contributed by atoms with Crippen molar-refractivity contribution in [2.24, 2.45) is 0 Å². The summed E-state index contributed by atoms with van der Waals surface area (Å²) in [6.07, 6.45) is 0. The van der Waals surface area contributed by atoms with Gasteiger partial charge in [-0.05, 0) is 61.4 Å². The van der Waals surface area contributed by atoms with Crippen LogP contribution in [0.1, 0.15) is 21.5 Å². The molecule has 0 fully saturated rings. The van der Waals surface area contributed by atoms with Gasteiger partial charge in [-0.2, -0.15) is 4.98 Å². The zero-order chi connectivity index (χ0) is 22.7. The van der Waals surface area contributed by atoms with Crippen LogP contribution in [-0.4, -0.2) is 30.3 Å².